The molecule has 0 saturated carbocycles. The van der Waals surface area contributed by atoms with Gasteiger partial charge < -0.3 is 14.7 Å². The minimum Gasteiger partial charge on any atom is -0.491 e. The standard InChI is InChI=1S/C21H27ClN2O2/c1-16-6-7-17(2)21(12-16)26-15-20(25)14-23-8-10-24(11-9-23)19-5-3-4-18(22)13-19/h3-7,12-13,20,25H,8-11,14-15H2,1-2H3. The summed E-state index contributed by atoms with van der Waals surface area (Å²) in [6.45, 7) is 8.74. The van der Waals surface area contributed by atoms with Gasteiger partial charge >= 0.3 is 0 Å². The molecular formula is C21H27ClN2O2. The summed E-state index contributed by atoms with van der Waals surface area (Å²) in [6.07, 6.45) is -0.493. The molecule has 1 unspecified atom stereocenters. The lowest BCUT2D eigenvalue weighted by Crippen LogP contribution is -2.49. The lowest BCUT2D eigenvalue weighted by atomic mass is 10.1. The number of benzene rings is 2. The number of piperazine rings is 1. The van der Waals surface area contributed by atoms with Crippen LogP contribution in [-0.4, -0.2) is 55.4 Å². The van der Waals surface area contributed by atoms with Gasteiger partial charge in [0, 0.05) is 43.4 Å². The van der Waals surface area contributed by atoms with Crippen LogP contribution >= 0.6 is 11.6 Å². The lowest BCUT2D eigenvalue weighted by molar-refractivity contribution is 0.0660. The molecule has 26 heavy (non-hydrogen) atoms. The zero-order valence-electron chi connectivity index (χ0n) is 15.5. The van der Waals surface area contributed by atoms with Gasteiger partial charge in [-0.05, 0) is 49.2 Å². The number of aliphatic hydroxyl groups is 1. The predicted molar refractivity (Wildman–Crippen MR) is 108 cm³/mol. The summed E-state index contributed by atoms with van der Waals surface area (Å²) in [5, 5.41) is 11.1. The maximum Gasteiger partial charge on any atom is 0.122 e. The largest absolute Gasteiger partial charge is 0.491 e. The Morgan fingerprint density at radius 3 is 2.58 bits per heavy atom. The SMILES string of the molecule is Cc1ccc(C)c(OCC(O)CN2CCN(c3cccc(Cl)c3)CC2)c1. The molecule has 140 valence electrons. The summed E-state index contributed by atoms with van der Waals surface area (Å²) >= 11 is 6.08. The summed E-state index contributed by atoms with van der Waals surface area (Å²) in [7, 11) is 0. The Morgan fingerprint density at radius 1 is 1.08 bits per heavy atom. The molecule has 2 aromatic rings. The smallest absolute Gasteiger partial charge is 0.122 e. The minimum absolute atomic E-state index is 0.318. The fourth-order valence-electron chi connectivity index (χ4n) is 3.26. The highest BCUT2D eigenvalue weighted by Crippen LogP contribution is 2.21. The second kappa shape index (κ2) is 8.76. The Bertz CT molecular complexity index is 730. The number of hydrogen-bond acceptors (Lipinski definition) is 4. The third-order valence-electron chi connectivity index (χ3n) is 4.79. The Balaban J connectivity index is 1.44. The second-order valence-electron chi connectivity index (χ2n) is 7.00. The molecule has 1 fully saturated rings. The van der Waals surface area contributed by atoms with E-state index in [1.165, 1.54) is 0 Å². The van der Waals surface area contributed by atoms with Crippen molar-refractivity contribution in [1.29, 1.82) is 0 Å². The lowest BCUT2D eigenvalue weighted by Gasteiger charge is -2.37. The third kappa shape index (κ3) is 5.13. The van der Waals surface area contributed by atoms with Crippen LogP contribution in [0, 0.1) is 13.8 Å². The Labute approximate surface area is 160 Å². The summed E-state index contributed by atoms with van der Waals surface area (Å²) in [5.74, 6) is 0.856. The highest BCUT2D eigenvalue weighted by molar-refractivity contribution is 6.30. The van der Waals surface area contributed by atoms with Gasteiger partial charge in [0.2, 0.25) is 0 Å². The van der Waals surface area contributed by atoms with Crippen LogP contribution in [0.4, 0.5) is 5.69 Å². The van der Waals surface area contributed by atoms with E-state index < -0.39 is 6.10 Å². The van der Waals surface area contributed by atoms with Gasteiger partial charge in [0.05, 0.1) is 0 Å². The molecule has 0 amide bonds. The molecule has 1 N–H and O–H groups in total. The number of aliphatic hydroxyl groups excluding tert-OH is 1. The molecule has 1 aliphatic rings. The molecule has 0 spiro atoms. The van der Waals surface area contributed by atoms with Crippen molar-refractivity contribution in [2.45, 2.75) is 20.0 Å². The van der Waals surface area contributed by atoms with Crippen molar-refractivity contribution in [3.8, 4) is 5.75 Å². The summed E-state index contributed by atoms with van der Waals surface area (Å²) in [5.41, 5.74) is 3.42. The number of hydrogen-bond donors (Lipinski definition) is 1. The van der Waals surface area contributed by atoms with E-state index in [4.69, 9.17) is 16.3 Å². The van der Waals surface area contributed by atoms with Crippen molar-refractivity contribution < 1.29 is 9.84 Å². The molecule has 5 heteroatoms. The van der Waals surface area contributed by atoms with Gasteiger partial charge in [-0.3, -0.25) is 4.90 Å². The van der Waals surface area contributed by atoms with E-state index in [9.17, 15) is 5.11 Å². The first-order valence-electron chi connectivity index (χ1n) is 9.12. The molecule has 4 nitrogen and oxygen atoms in total. The third-order valence-corrected chi connectivity index (χ3v) is 5.02. The Hall–Kier alpha value is -1.75. The van der Waals surface area contributed by atoms with Crippen molar-refractivity contribution >= 4 is 17.3 Å². The van der Waals surface area contributed by atoms with Gasteiger partial charge in [-0.1, -0.05) is 29.8 Å². The van der Waals surface area contributed by atoms with Crippen molar-refractivity contribution in [2.75, 3.05) is 44.2 Å². The normalized spacial score (nSPS) is 16.5. The molecular weight excluding hydrogens is 348 g/mol. The van der Waals surface area contributed by atoms with Gasteiger partial charge in [-0.2, -0.15) is 0 Å². The zero-order chi connectivity index (χ0) is 18.5. The Kier molecular flexibility index (Phi) is 6.41. The fraction of sp³-hybridized carbons (Fsp3) is 0.429. The predicted octanol–water partition coefficient (Wildman–Crippen LogP) is 3.52. The quantitative estimate of drug-likeness (QED) is 0.839. The van der Waals surface area contributed by atoms with Gasteiger partial charge in [0.15, 0.2) is 0 Å². The van der Waals surface area contributed by atoms with Crippen LogP contribution in [0.2, 0.25) is 5.02 Å². The highest BCUT2D eigenvalue weighted by atomic mass is 35.5. The minimum atomic E-state index is -0.493. The second-order valence-corrected chi connectivity index (χ2v) is 7.44. The van der Waals surface area contributed by atoms with E-state index in [0.717, 1.165) is 53.8 Å². The number of aryl methyl sites for hydroxylation is 2. The summed E-state index contributed by atoms with van der Waals surface area (Å²) in [4.78, 5) is 4.62. The van der Waals surface area contributed by atoms with E-state index >= 15 is 0 Å². The fourth-order valence-corrected chi connectivity index (χ4v) is 3.45. The van der Waals surface area contributed by atoms with Crippen LogP contribution < -0.4 is 9.64 Å². The first kappa shape index (κ1) is 19.0. The molecule has 2 aromatic carbocycles. The van der Waals surface area contributed by atoms with Crippen LogP contribution in [0.5, 0.6) is 5.75 Å². The first-order valence-corrected chi connectivity index (χ1v) is 9.50. The number of anilines is 1. The van der Waals surface area contributed by atoms with Gasteiger partial charge in [-0.15, -0.1) is 0 Å². The zero-order valence-corrected chi connectivity index (χ0v) is 16.2. The van der Waals surface area contributed by atoms with Crippen molar-refractivity contribution in [2.24, 2.45) is 0 Å². The van der Waals surface area contributed by atoms with Crippen LogP contribution in [0.25, 0.3) is 0 Å². The molecule has 0 bridgehead atoms. The van der Waals surface area contributed by atoms with Crippen molar-refractivity contribution in [1.82, 2.24) is 4.90 Å². The van der Waals surface area contributed by atoms with Crippen LogP contribution in [0.1, 0.15) is 11.1 Å². The average Bonchev–Trinajstić information content (AvgIpc) is 2.63. The van der Waals surface area contributed by atoms with Gasteiger partial charge in [0.25, 0.3) is 0 Å². The average molecular weight is 375 g/mol. The van der Waals surface area contributed by atoms with Crippen LogP contribution in [-0.2, 0) is 0 Å². The van der Waals surface area contributed by atoms with Gasteiger partial charge in [0.1, 0.15) is 18.5 Å². The Morgan fingerprint density at radius 2 is 1.85 bits per heavy atom. The van der Waals surface area contributed by atoms with E-state index in [1.54, 1.807) is 0 Å². The first-order chi connectivity index (χ1) is 12.5. The van der Waals surface area contributed by atoms with Crippen LogP contribution in [0.15, 0.2) is 42.5 Å². The maximum atomic E-state index is 10.3. The highest BCUT2D eigenvalue weighted by Gasteiger charge is 2.20. The monoisotopic (exact) mass is 374 g/mol. The number of nitrogens with zero attached hydrogens (tertiary/aromatic N) is 2. The summed E-state index contributed by atoms with van der Waals surface area (Å²) < 4.78 is 5.82. The number of β-amino-alcohol motifs (C(OH)–C–C–N with tert-alkyl or cyclic N) is 1. The van der Waals surface area contributed by atoms with E-state index in [2.05, 4.69) is 21.9 Å². The molecule has 1 heterocycles. The van der Waals surface area contributed by atoms with E-state index in [-0.39, 0.29) is 0 Å². The maximum absolute atomic E-state index is 10.3. The number of halogens is 1. The van der Waals surface area contributed by atoms with E-state index in [0.29, 0.717) is 13.2 Å². The number of ether oxygens (including phenoxy) is 1. The molecule has 0 aromatic heterocycles. The van der Waals surface area contributed by atoms with Crippen molar-refractivity contribution in [3.05, 3.63) is 58.6 Å². The molecule has 0 aliphatic carbocycles. The van der Waals surface area contributed by atoms with Gasteiger partial charge in [-0.25, -0.2) is 0 Å². The molecule has 0 radical (unpaired) electrons. The molecule has 3 rings (SSSR count). The molecule has 1 aliphatic heterocycles. The van der Waals surface area contributed by atoms with E-state index in [1.807, 2.05) is 44.2 Å². The number of rotatable bonds is 6. The topological polar surface area (TPSA) is 35.9 Å². The summed E-state index contributed by atoms with van der Waals surface area (Å²) in [6, 6.07) is 14.1. The molecule has 1 atom stereocenters. The van der Waals surface area contributed by atoms with Crippen molar-refractivity contribution in [3.63, 3.8) is 0 Å². The molecule has 1 saturated heterocycles. The van der Waals surface area contributed by atoms with Crippen LogP contribution in [0.3, 0.4) is 0 Å².